The molecule has 0 bridgehead atoms. The fraction of sp³-hybridized carbons (Fsp3) is 0.450. The highest BCUT2D eigenvalue weighted by atomic mass is 16.5. The molecule has 4 heteroatoms. The Morgan fingerprint density at radius 3 is 2.38 bits per heavy atom. The molecule has 0 spiro atoms. The van der Waals surface area contributed by atoms with Gasteiger partial charge in [0.1, 0.15) is 11.9 Å². The summed E-state index contributed by atoms with van der Waals surface area (Å²) in [7, 11) is 0. The van der Waals surface area contributed by atoms with E-state index in [1.165, 1.54) is 18.7 Å². The second-order valence-corrected chi connectivity index (χ2v) is 6.76. The van der Waals surface area contributed by atoms with E-state index >= 15 is 0 Å². The molecule has 2 aliphatic heterocycles. The van der Waals surface area contributed by atoms with E-state index in [2.05, 4.69) is 45.1 Å². The van der Waals surface area contributed by atoms with Gasteiger partial charge in [-0.25, -0.2) is 0 Å². The Balaban J connectivity index is 1.27. The van der Waals surface area contributed by atoms with Gasteiger partial charge in [-0.2, -0.15) is 0 Å². The van der Waals surface area contributed by atoms with Gasteiger partial charge in [-0.1, -0.05) is 18.2 Å². The van der Waals surface area contributed by atoms with Gasteiger partial charge in [0.25, 0.3) is 0 Å². The average Bonchev–Trinajstić information content (AvgIpc) is 3.14. The molecule has 126 valence electrons. The Morgan fingerprint density at radius 1 is 0.875 bits per heavy atom. The van der Waals surface area contributed by atoms with Crippen LogP contribution in [0.3, 0.4) is 0 Å². The Labute approximate surface area is 144 Å². The summed E-state index contributed by atoms with van der Waals surface area (Å²) in [6.45, 7) is 4.61. The molecule has 2 aromatic rings. The minimum absolute atomic E-state index is 0.343. The van der Waals surface area contributed by atoms with Crippen molar-refractivity contribution in [2.24, 2.45) is 0 Å². The van der Waals surface area contributed by atoms with Gasteiger partial charge in [-0.05, 0) is 43.5 Å². The molecule has 2 saturated heterocycles. The van der Waals surface area contributed by atoms with Gasteiger partial charge >= 0.3 is 0 Å². The van der Waals surface area contributed by atoms with Crippen molar-refractivity contribution < 1.29 is 4.74 Å². The zero-order valence-electron chi connectivity index (χ0n) is 14.1. The normalized spacial score (nSPS) is 22.7. The number of pyridine rings is 1. The molecular weight excluding hydrogens is 298 g/mol. The van der Waals surface area contributed by atoms with E-state index in [0.717, 1.165) is 38.2 Å². The zero-order valence-corrected chi connectivity index (χ0v) is 14.1. The van der Waals surface area contributed by atoms with Crippen LogP contribution in [-0.2, 0) is 0 Å². The second-order valence-electron chi connectivity index (χ2n) is 6.76. The van der Waals surface area contributed by atoms with E-state index in [0.29, 0.717) is 12.1 Å². The molecule has 0 N–H and O–H groups in total. The molecule has 1 aromatic carbocycles. The van der Waals surface area contributed by atoms with Gasteiger partial charge in [0, 0.05) is 50.3 Å². The third-order valence-corrected chi connectivity index (χ3v) is 5.23. The lowest BCUT2D eigenvalue weighted by Crippen LogP contribution is -2.45. The van der Waals surface area contributed by atoms with Crippen LogP contribution in [0, 0.1) is 0 Å². The summed E-state index contributed by atoms with van der Waals surface area (Å²) < 4.78 is 6.08. The Kier molecular flexibility index (Phi) is 4.65. The third kappa shape index (κ3) is 3.54. The number of rotatable bonds is 4. The zero-order chi connectivity index (χ0) is 16.2. The Hall–Kier alpha value is -2.07. The average molecular weight is 323 g/mol. The Bertz CT molecular complexity index is 626. The number of benzene rings is 1. The molecule has 1 unspecified atom stereocenters. The maximum atomic E-state index is 6.08. The largest absolute Gasteiger partial charge is 0.490 e. The summed E-state index contributed by atoms with van der Waals surface area (Å²) in [5, 5.41) is 0. The standard InChI is InChI=1S/C20H25N3O/c1-2-4-17(5-3-1)23-13-8-18(16-23)22-14-9-20(10-15-22)24-19-6-11-21-12-7-19/h1-7,11-12,18,20H,8-10,13-16H2. The van der Waals surface area contributed by atoms with Crippen LogP contribution in [-0.4, -0.2) is 48.2 Å². The lowest BCUT2D eigenvalue weighted by Gasteiger charge is -2.36. The minimum atomic E-state index is 0.343. The number of nitrogens with zero attached hydrogens (tertiary/aromatic N) is 3. The number of aromatic nitrogens is 1. The van der Waals surface area contributed by atoms with Gasteiger partial charge in [0.2, 0.25) is 0 Å². The fourth-order valence-corrected chi connectivity index (χ4v) is 3.88. The minimum Gasteiger partial charge on any atom is -0.490 e. The first-order valence-corrected chi connectivity index (χ1v) is 8.99. The van der Waals surface area contributed by atoms with Crippen molar-refractivity contribution in [3.63, 3.8) is 0 Å². The van der Waals surface area contributed by atoms with Crippen LogP contribution in [0.15, 0.2) is 54.9 Å². The first kappa shape index (κ1) is 15.5. The number of anilines is 1. The van der Waals surface area contributed by atoms with E-state index in [4.69, 9.17) is 4.74 Å². The lowest BCUT2D eigenvalue weighted by molar-refractivity contribution is 0.0805. The lowest BCUT2D eigenvalue weighted by atomic mass is 10.0. The van der Waals surface area contributed by atoms with E-state index in [1.807, 2.05) is 12.1 Å². The number of piperidine rings is 1. The number of hydrogen-bond donors (Lipinski definition) is 0. The molecule has 1 atom stereocenters. The molecule has 0 radical (unpaired) electrons. The maximum Gasteiger partial charge on any atom is 0.122 e. The summed E-state index contributed by atoms with van der Waals surface area (Å²) in [4.78, 5) is 9.22. The van der Waals surface area contributed by atoms with Crippen LogP contribution in [0.5, 0.6) is 5.75 Å². The Morgan fingerprint density at radius 2 is 1.62 bits per heavy atom. The third-order valence-electron chi connectivity index (χ3n) is 5.23. The predicted octanol–water partition coefficient (Wildman–Crippen LogP) is 3.20. The van der Waals surface area contributed by atoms with Crippen molar-refractivity contribution in [2.75, 3.05) is 31.1 Å². The van der Waals surface area contributed by atoms with Crippen molar-refractivity contribution in [1.29, 1.82) is 0 Å². The summed E-state index contributed by atoms with van der Waals surface area (Å²) in [6.07, 6.45) is 7.43. The number of hydrogen-bond acceptors (Lipinski definition) is 4. The maximum absolute atomic E-state index is 6.08. The van der Waals surface area contributed by atoms with Crippen molar-refractivity contribution in [2.45, 2.75) is 31.4 Å². The second kappa shape index (κ2) is 7.22. The van der Waals surface area contributed by atoms with Crippen LogP contribution in [0.1, 0.15) is 19.3 Å². The van der Waals surface area contributed by atoms with Gasteiger partial charge in [0.15, 0.2) is 0 Å². The van der Waals surface area contributed by atoms with E-state index in [1.54, 1.807) is 12.4 Å². The highest BCUT2D eigenvalue weighted by Gasteiger charge is 2.31. The fourth-order valence-electron chi connectivity index (χ4n) is 3.88. The van der Waals surface area contributed by atoms with Gasteiger partial charge in [-0.15, -0.1) is 0 Å². The topological polar surface area (TPSA) is 28.6 Å². The predicted molar refractivity (Wildman–Crippen MR) is 96.5 cm³/mol. The molecule has 0 saturated carbocycles. The van der Waals surface area contributed by atoms with Crippen LogP contribution < -0.4 is 9.64 Å². The van der Waals surface area contributed by atoms with Crippen LogP contribution in [0.4, 0.5) is 5.69 Å². The molecule has 0 aliphatic carbocycles. The summed E-state index contributed by atoms with van der Waals surface area (Å²) in [5.74, 6) is 0.944. The smallest absolute Gasteiger partial charge is 0.122 e. The molecule has 4 rings (SSSR count). The molecule has 0 amide bonds. The van der Waals surface area contributed by atoms with Crippen molar-refractivity contribution in [3.05, 3.63) is 54.9 Å². The van der Waals surface area contributed by atoms with E-state index in [9.17, 15) is 0 Å². The number of para-hydroxylation sites is 1. The van der Waals surface area contributed by atoms with E-state index in [-0.39, 0.29) is 0 Å². The summed E-state index contributed by atoms with van der Waals surface area (Å²) in [5.41, 5.74) is 1.36. The van der Waals surface area contributed by atoms with Crippen LogP contribution in [0.2, 0.25) is 0 Å². The molecule has 2 aliphatic rings. The quantitative estimate of drug-likeness (QED) is 0.864. The highest BCUT2D eigenvalue weighted by Crippen LogP contribution is 2.26. The molecule has 2 fully saturated rings. The highest BCUT2D eigenvalue weighted by molar-refractivity contribution is 5.47. The summed E-state index contributed by atoms with van der Waals surface area (Å²) in [6, 6.07) is 15.4. The van der Waals surface area contributed by atoms with Crippen molar-refractivity contribution in [1.82, 2.24) is 9.88 Å². The monoisotopic (exact) mass is 323 g/mol. The van der Waals surface area contributed by atoms with Gasteiger partial charge in [-0.3, -0.25) is 9.88 Å². The molecule has 1 aromatic heterocycles. The van der Waals surface area contributed by atoms with Gasteiger partial charge in [0.05, 0.1) is 0 Å². The number of likely N-dealkylation sites (tertiary alicyclic amines) is 1. The first-order chi connectivity index (χ1) is 11.9. The SMILES string of the molecule is c1ccc(N2CCC(N3CCC(Oc4ccncc4)CC3)C2)cc1. The van der Waals surface area contributed by atoms with Crippen molar-refractivity contribution >= 4 is 5.69 Å². The van der Waals surface area contributed by atoms with E-state index < -0.39 is 0 Å². The summed E-state index contributed by atoms with van der Waals surface area (Å²) >= 11 is 0. The first-order valence-electron chi connectivity index (χ1n) is 8.99. The molecular formula is C20H25N3O. The van der Waals surface area contributed by atoms with Crippen molar-refractivity contribution in [3.8, 4) is 5.75 Å². The number of ether oxygens (including phenoxy) is 1. The van der Waals surface area contributed by atoms with Crippen LogP contribution >= 0.6 is 0 Å². The molecule has 4 nitrogen and oxygen atoms in total. The van der Waals surface area contributed by atoms with Gasteiger partial charge < -0.3 is 9.64 Å². The molecule has 3 heterocycles. The molecule has 24 heavy (non-hydrogen) atoms. The van der Waals surface area contributed by atoms with Crippen LogP contribution in [0.25, 0.3) is 0 Å².